The van der Waals surface area contributed by atoms with Crippen molar-refractivity contribution < 1.29 is 0 Å². The molecule has 1 rings (SSSR count). The third kappa shape index (κ3) is 4.87. The predicted octanol–water partition coefficient (Wildman–Crippen LogP) is 2.04. The molecule has 1 saturated heterocycles. The molecule has 0 amide bonds. The molecule has 0 saturated carbocycles. The molecule has 1 heterocycles. The Hall–Kier alpha value is -0.120. The van der Waals surface area contributed by atoms with Crippen LogP contribution < -0.4 is 5.32 Å². The van der Waals surface area contributed by atoms with Crippen molar-refractivity contribution in [1.29, 1.82) is 0 Å². The minimum Gasteiger partial charge on any atom is -0.314 e. The summed E-state index contributed by atoms with van der Waals surface area (Å²) in [5, 5.41) is 3.56. The monoisotopic (exact) mass is 255 g/mol. The SMILES string of the molecule is CC(C)NCC(C)C(C)N(C)C1CCN(C)CC1. The van der Waals surface area contributed by atoms with E-state index in [1.165, 1.54) is 25.9 Å². The fraction of sp³-hybridized carbons (Fsp3) is 1.00. The zero-order valence-electron chi connectivity index (χ0n) is 13.2. The maximum atomic E-state index is 3.56. The van der Waals surface area contributed by atoms with Gasteiger partial charge in [0.05, 0.1) is 0 Å². The standard InChI is InChI=1S/C15H33N3/c1-12(2)16-11-13(3)14(4)18(6)15-7-9-17(5)10-8-15/h12-16H,7-11H2,1-6H3. The lowest BCUT2D eigenvalue weighted by atomic mass is 9.97. The van der Waals surface area contributed by atoms with Crippen LogP contribution in [0.4, 0.5) is 0 Å². The first kappa shape index (κ1) is 15.9. The normalized spacial score (nSPS) is 22.7. The number of hydrogen-bond acceptors (Lipinski definition) is 3. The molecule has 1 aliphatic heterocycles. The van der Waals surface area contributed by atoms with Gasteiger partial charge in [0.25, 0.3) is 0 Å². The molecule has 18 heavy (non-hydrogen) atoms. The molecule has 1 fully saturated rings. The lowest BCUT2D eigenvalue weighted by molar-refractivity contribution is 0.0895. The third-order valence-corrected chi connectivity index (χ3v) is 4.58. The minimum atomic E-state index is 0.591. The molecule has 0 radical (unpaired) electrons. The second-order valence-electron chi connectivity index (χ2n) is 6.48. The molecular formula is C15H33N3. The second kappa shape index (κ2) is 7.46. The summed E-state index contributed by atoms with van der Waals surface area (Å²) in [5.74, 6) is 0.706. The average Bonchev–Trinajstić information content (AvgIpc) is 2.35. The number of rotatable bonds is 6. The van der Waals surface area contributed by atoms with Gasteiger partial charge >= 0.3 is 0 Å². The van der Waals surface area contributed by atoms with Crippen molar-refractivity contribution >= 4 is 0 Å². The molecule has 108 valence electrons. The molecule has 0 aromatic rings. The first-order valence-electron chi connectivity index (χ1n) is 7.55. The zero-order valence-corrected chi connectivity index (χ0v) is 13.2. The molecule has 0 spiro atoms. The molecule has 2 atom stereocenters. The van der Waals surface area contributed by atoms with E-state index in [1.54, 1.807) is 0 Å². The summed E-state index contributed by atoms with van der Waals surface area (Å²) in [7, 11) is 4.54. The Morgan fingerprint density at radius 1 is 1.17 bits per heavy atom. The first-order valence-corrected chi connectivity index (χ1v) is 7.55. The van der Waals surface area contributed by atoms with Gasteiger partial charge in [-0.25, -0.2) is 0 Å². The summed E-state index contributed by atoms with van der Waals surface area (Å²) in [6, 6.07) is 2.02. The summed E-state index contributed by atoms with van der Waals surface area (Å²) < 4.78 is 0. The van der Waals surface area contributed by atoms with Gasteiger partial charge in [-0.3, -0.25) is 0 Å². The van der Waals surface area contributed by atoms with Crippen molar-refractivity contribution in [2.24, 2.45) is 5.92 Å². The van der Waals surface area contributed by atoms with Crippen LogP contribution in [0, 0.1) is 5.92 Å². The second-order valence-corrected chi connectivity index (χ2v) is 6.48. The van der Waals surface area contributed by atoms with E-state index < -0.39 is 0 Å². The number of piperidine rings is 1. The average molecular weight is 255 g/mol. The first-order chi connectivity index (χ1) is 8.41. The fourth-order valence-corrected chi connectivity index (χ4v) is 2.73. The van der Waals surface area contributed by atoms with E-state index in [2.05, 4.69) is 56.9 Å². The molecule has 0 bridgehead atoms. The Balaban J connectivity index is 2.37. The lowest BCUT2D eigenvalue weighted by Crippen LogP contribution is -2.49. The van der Waals surface area contributed by atoms with Gasteiger partial charge in [-0.1, -0.05) is 20.8 Å². The Morgan fingerprint density at radius 2 is 1.72 bits per heavy atom. The van der Waals surface area contributed by atoms with Gasteiger partial charge in [0.2, 0.25) is 0 Å². The number of hydrogen-bond donors (Lipinski definition) is 1. The Bertz CT molecular complexity index is 222. The van der Waals surface area contributed by atoms with Crippen LogP contribution in [0.3, 0.4) is 0 Å². The zero-order chi connectivity index (χ0) is 13.7. The van der Waals surface area contributed by atoms with Crippen molar-refractivity contribution in [3.8, 4) is 0 Å². The topological polar surface area (TPSA) is 18.5 Å². The van der Waals surface area contributed by atoms with E-state index in [1.807, 2.05) is 0 Å². The molecule has 3 nitrogen and oxygen atoms in total. The molecular weight excluding hydrogens is 222 g/mol. The quantitative estimate of drug-likeness (QED) is 0.783. The summed E-state index contributed by atoms with van der Waals surface area (Å²) >= 11 is 0. The highest BCUT2D eigenvalue weighted by molar-refractivity contribution is 4.82. The van der Waals surface area contributed by atoms with Crippen LogP contribution in [-0.2, 0) is 0 Å². The van der Waals surface area contributed by atoms with E-state index in [0.29, 0.717) is 18.0 Å². The molecule has 2 unspecified atom stereocenters. The van der Waals surface area contributed by atoms with Gasteiger partial charge < -0.3 is 15.1 Å². The summed E-state index contributed by atoms with van der Waals surface area (Å²) in [6.45, 7) is 12.8. The van der Waals surface area contributed by atoms with Crippen LogP contribution in [0.2, 0.25) is 0 Å². The van der Waals surface area contributed by atoms with Crippen molar-refractivity contribution in [1.82, 2.24) is 15.1 Å². The maximum absolute atomic E-state index is 3.56. The minimum absolute atomic E-state index is 0.591. The Kier molecular flexibility index (Phi) is 6.61. The molecule has 3 heteroatoms. The van der Waals surface area contributed by atoms with E-state index >= 15 is 0 Å². The highest BCUT2D eigenvalue weighted by atomic mass is 15.2. The maximum Gasteiger partial charge on any atom is 0.0119 e. The predicted molar refractivity (Wildman–Crippen MR) is 80.0 cm³/mol. The number of nitrogens with zero attached hydrogens (tertiary/aromatic N) is 2. The highest BCUT2D eigenvalue weighted by Gasteiger charge is 2.26. The highest BCUT2D eigenvalue weighted by Crippen LogP contribution is 2.19. The summed E-state index contributed by atoms with van der Waals surface area (Å²) in [5.41, 5.74) is 0. The molecule has 0 aromatic carbocycles. The fourth-order valence-electron chi connectivity index (χ4n) is 2.73. The molecule has 0 aromatic heterocycles. The van der Waals surface area contributed by atoms with Crippen molar-refractivity contribution in [2.75, 3.05) is 33.7 Å². The summed E-state index contributed by atoms with van der Waals surface area (Å²) in [6.07, 6.45) is 2.64. The Morgan fingerprint density at radius 3 is 2.22 bits per heavy atom. The molecule has 0 aliphatic carbocycles. The van der Waals surface area contributed by atoms with Crippen molar-refractivity contribution in [2.45, 2.75) is 58.7 Å². The van der Waals surface area contributed by atoms with Crippen molar-refractivity contribution in [3.63, 3.8) is 0 Å². The summed E-state index contributed by atoms with van der Waals surface area (Å²) in [4.78, 5) is 5.05. The van der Waals surface area contributed by atoms with Crippen LogP contribution >= 0.6 is 0 Å². The molecule has 1 N–H and O–H groups in total. The van der Waals surface area contributed by atoms with E-state index in [0.717, 1.165) is 12.6 Å². The largest absolute Gasteiger partial charge is 0.314 e. The van der Waals surface area contributed by atoms with E-state index in [-0.39, 0.29) is 0 Å². The van der Waals surface area contributed by atoms with E-state index in [9.17, 15) is 0 Å². The van der Waals surface area contributed by atoms with Gasteiger partial charge in [-0.05, 0) is 59.4 Å². The van der Waals surface area contributed by atoms with Gasteiger partial charge in [-0.2, -0.15) is 0 Å². The third-order valence-electron chi connectivity index (χ3n) is 4.58. The smallest absolute Gasteiger partial charge is 0.0119 e. The number of likely N-dealkylation sites (tertiary alicyclic amines) is 1. The van der Waals surface area contributed by atoms with Crippen LogP contribution in [0.15, 0.2) is 0 Å². The van der Waals surface area contributed by atoms with Gasteiger partial charge in [0.1, 0.15) is 0 Å². The van der Waals surface area contributed by atoms with Gasteiger partial charge in [-0.15, -0.1) is 0 Å². The lowest BCUT2D eigenvalue weighted by Gasteiger charge is -2.40. The van der Waals surface area contributed by atoms with Crippen LogP contribution in [0.25, 0.3) is 0 Å². The van der Waals surface area contributed by atoms with E-state index in [4.69, 9.17) is 0 Å². The number of nitrogens with one attached hydrogen (secondary N) is 1. The van der Waals surface area contributed by atoms with Crippen molar-refractivity contribution in [3.05, 3.63) is 0 Å². The van der Waals surface area contributed by atoms with Crippen LogP contribution in [-0.4, -0.2) is 61.7 Å². The van der Waals surface area contributed by atoms with Gasteiger partial charge in [0.15, 0.2) is 0 Å². The Labute approximate surface area is 114 Å². The van der Waals surface area contributed by atoms with Crippen LogP contribution in [0.1, 0.15) is 40.5 Å². The molecule has 1 aliphatic rings. The van der Waals surface area contributed by atoms with Crippen LogP contribution in [0.5, 0.6) is 0 Å². The van der Waals surface area contributed by atoms with Gasteiger partial charge in [0, 0.05) is 18.1 Å².